The highest BCUT2D eigenvalue weighted by Gasteiger charge is 1.97. The molecule has 1 aromatic heterocycles. The summed E-state index contributed by atoms with van der Waals surface area (Å²) in [6.45, 7) is 6.26. The SMILES string of the molecule is C=C(CS)Cn1ccc(C)cc1=O. The van der Waals surface area contributed by atoms with E-state index in [1.54, 1.807) is 16.8 Å². The van der Waals surface area contributed by atoms with E-state index in [1.807, 2.05) is 13.0 Å². The molecule has 0 aliphatic carbocycles. The van der Waals surface area contributed by atoms with Gasteiger partial charge >= 0.3 is 0 Å². The average molecular weight is 195 g/mol. The van der Waals surface area contributed by atoms with E-state index in [9.17, 15) is 4.79 Å². The molecule has 0 unspecified atom stereocenters. The summed E-state index contributed by atoms with van der Waals surface area (Å²) in [5.74, 6) is 0.611. The maximum Gasteiger partial charge on any atom is 0.251 e. The fraction of sp³-hybridized carbons (Fsp3) is 0.300. The van der Waals surface area contributed by atoms with Gasteiger partial charge in [-0.2, -0.15) is 12.6 Å². The summed E-state index contributed by atoms with van der Waals surface area (Å²) in [5, 5.41) is 0. The molecule has 0 spiro atoms. The Morgan fingerprint density at radius 1 is 1.69 bits per heavy atom. The second-order valence-corrected chi connectivity index (χ2v) is 3.39. The number of rotatable bonds is 3. The first-order valence-corrected chi connectivity index (χ1v) is 4.71. The molecule has 0 amide bonds. The van der Waals surface area contributed by atoms with Crippen LogP contribution < -0.4 is 5.56 Å². The van der Waals surface area contributed by atoms with Gasteiger partial charge in [0.05, 0.1) is 0 Å². The minimum atomic E-state index is 0.0166. The number of thiol groups is 1. The normalized spacial score (nSPS) is 10.0. The molecule has 0 saturated heterocycles. The first-order chi connectivity index (χ1) is 6.13. The summed E-state index contributed by atoms with van der Waals surface area (Å²) in [6.07, 6.45) is 1.78. The number of aromatic nitrogens is 1. The summed E-state index contributed by atoms with van der Waals surface area (Å²) in [4.78, 5) is 11.4. The van der Waals surface area contributed by atoms with Crippen LogP contribution in [0, 0.1) is 6.92 Å². The highest BCUT2D eigenvalue weighted by Crippen LogP contribution is 1.98. The Balaban J connectivity index is 2.90. The lowest BCUT2D eigenvalue weighted by Gasteiger charge is -2.05. The smallest absolute Gasteiger partial charge is 0.251 e. The van der Waals surface area contributed by atoms with E-state index in [0.29, 0.717) is 12.3 Å². The van der Waals surface area contributed by atoms with Gasteiger partial charge in [0.1, 0.15) is 0 Å². The highest BCUT2D eigenvalue weighted by atomic mass is 32.1. The van der Waals surface area contributed by atoms with Gasteiger partial charge in [-0.25, -0.2) is 0 Å². The van der Waals surface area contributed by atoms with Gasteiger partial charge in [0, 0.05) is 24.6 Å². The highest BCUT2D eigenvalue weighted by molar-refractivity contribution is 7.80. The molecule has 1 rings (SSSR count). The van der Waals surface area contributed by atoms with E-state index in [0.717, 1.165) is 11.1 Å². The lowest BCUT2D eigenvalue weighted by atomic mass is 10.3. The van der Waals surface area contributed by atoms with Crippen molar-refractivity contribution in [1.82, 2.24) is 4.57 Å². The van der Waals surface area contributed by atoms with Crippen molar-refractivity contribution in [2.45, 2.75) is 13.5 Å². The van der Waals surface area contributed by atoms with E-state index in [4.69, 9.17) is 0 Å². The van der Waals surface area contributed by atoms with E-state index >= 15 is 0 Å². The second-order valence-electron chi connectivity index (χ2n) is 3.08. The molecular weight excluding hydrogens is 182 g/mol. The molecule has 0 aliphatic heterocycles. The summed E-state index contributed by atoms with van der Waals surface area (Å²) < 4.78 is 1.63. The monoisotopic (exact) mass is 195 g/mol. The lowest BCUT2D eigenvalue weighted by molar-refractivity contribution is 0.749. The maximum absolute atomic E-state index is 11.4. The van der Waals surface area contributed by atoms with Crippen molar-refractivity contribution in [2.75, 3.05) is 5.75 Å². The molecule has 0 bridgehead atoms. The van der Waals surface area contributed by atoms with Crippen LogP contribution in [0.25, 0.3) is 0 Å². The quantitative estimate of drug-likeness (QED) is 0.575. The number of nitrogens with zero attached hydrogens (tertiary/aromatic N) is 1. The van der Waals surface area contributed by atoms with Gasteiger partial charge in [-0.1, -0.05) is 6.58 Å². The molecule has 1 heterocycles. The van der Waals surface area contributed by atoms with Crippen LogP contribution in [-0.4, -0.2) is 10.3 Å². The summed E-state index contributed by atoms with van der Waals surface area (Å²) in [7, 11) is 0. The van der Waals surface area contributed by atoms with Crippen LogP contribution in [0.2, 0.25) is 0 Å². The molecule has 0 atom stereocenters. The molecule has 2 nitrogen and oxygen atoms in total. The molecule has 70 valence electrons. The van der Waals surface area contributed by atoms with E-state index in [2.05, 4.69) is 19.2 Å². The molecule has 0 fully saturated rings. The van der Waals surface area contributed by atoms with E-state index < -0.39 is 0 Å². The Bertz CT molecular complexity index is 367. The Kier molecular flexibility index (Phi) is 3.37. The molecule has 13 heavy (non-hydrogen) atoms. The van der Waals surface area contributed by atoms with Crippen LogP contribution in [-0.2, 0) is 6.54 Å². The van der Waals surface area contributed by atoms with Crippen LogP contribution in [0.4, 0.5) is 0 Å². The zero-order valence-corrected chi connectivity index (χ0v) is 8.55. The number of aryl methyl sites for hydroxylation is 1. The molecule has 0 aromatic carbocycles. The minimum absolute atomic E-state index is 0.0166. The van der Waals surface area contributed by atoms with Crippen molar-refractivity contribution >= 4 is 12.6 Å². The van der Waals surface area contributed by atoms with Gasteiger partial charge in [0.15, 0.2) is 0 Å². The fourth-order valence-corrected chi connectivity index (χ4v) is 1.13. The first-order valence-electron chi connectivity index (χ1n) is 4.08. The molecule has 0 radical (unpaired) electrons. The molecule has 1 aromatic rings. The standard InChI is InChI=1S/C10H13NOS/c1-8-3-4-11(10(12)5-8)6-9(2)7-13/h3-5,13H,2,6-7H2,1H3. The third-order valence-electron chi connectivity index (χ3n) is 1.77. The van der Waals surface area contributed by atoms with Gasteiger partial charge in [-0.15, -0.1) is 0 Å². The van der Waals surface area contributed by atoms with Crippen LogP contribution in [0.3, 0.4) is 0 Å². The second kappa shape index (κ2) is 4.33. The number of hydrogen-bond acceptors (Lipinski definition) is 2. The predicted molar refractivity (Wildman–Crippen MR) is 58.4 cm³/mol. The van der Waals surface area contributed by atoms with E-state index in [1.165, 1.54) is 0 Å². The first kappa shape index (κ1) is 10.1. The minimum Gasteiger partial charge on any atom is -0.311 e. The number of hydrogen-bond donors (Lipinski definition) is 1. The van der Waals surface area contributed by atoms with Crippen LogP contribution in [0.15, 0.2) is 35.3 Å². The summed E-state index contributed by atoms with van der Waals surface area (Å²) in [6, 6.07) is 3.53. The van der Waals surface area contributed by atoms with Gasteiger partial charge in [-0.05, 0) is 24.1 Å². The topological polar surface area (TPSA) is 22.0 Å². The van der Waals surface area contributed by atoms with Crippen LogP contribution in [0.1, 0.15) is 5.56 Å². The van der Waals surface area contributed by atoms with Crippen molar-refractivity contribution in [3.8, 4) is 0 Å². The van der Waals surface area contributed by atoms with Gasteiger partial charge in [0.2, 0.25) is 0 Å². The summed E-state index contributed by atoms with van der Waals surface area (Å²) in [5.41, 5.74) is 1.94. The average Bonchev–Trinajstić information content (AvgIpc) is 2.09. The largest absolute Gasteiger partial charge is 0.311 e. The van der Waals surface area contributed by atoms with Crippen molar-refractivity contribution < 1.29 is 0 Å². The molecule has 0 aliphatic rings. The zero-order chi connectivity index (χ0) is 9.84. The third-order valence-corrected chi connectivity index (χ3v) is 2.22. The molecule has 0 saturated carbocycles. The van der Waals surface area contributed by atoms with Crippen LogP contribution in [0.5, 0.6) is 0 Å². The van der Waals surface area contributed by atoms with Crippen molar-refractivity contribution in [3.05, 3.63) is 46.4 Å². The van der Waals surface area contributed by atoms with Gasteiger partial charge < -0.3 is 4.57 Å². The van der Waals surface area contributed by atoms with Gasteiger partial charge in [-0.3, -0.25) is 4.79 Å². The summed E-state index contributed by atoms with van der Waals surface area (Å²) >= 11 is 4.09. The van der Waals surface area contributed by atoms with E-state index in [-0.39, 0.29) is 5.56 Å². The van der Waals surface area contributed by atoms with Crippen molar-refractivity contribution in [2.24, 2.45) is 0 Å². The third kappa shape index (κ3) is 2.77. The zero-order valence-electron chi connectivity index (χ0n) is 7.66. The van der Waals surface area contributed by atoms with Crippen molar-refractivity contribution in [1.29, 1.82) is 0 Å². The Morgan fingerprint density at radius 2 is 2.38 bits per heavy atom. The van der Waals surface area contributed by atoms with Crippen molar-refractivity contribution in [3.63, 3.8) is 0 Å². The Hall–Kier alpha value is -0.960. The fourth-order valence-electron chi connectivity index (χ4n) is 1.03. The van der Waals surface area contributed by atoms with Gasteiger partial charge in [0.25, 0.3) is 5.56 Å². The Labute approximate surface area is 83.3 Å². The lowest BCUT2D eigenvalue weighted by Crippen LogP contribution is -2.19. The maximum atomic E-state index is 11.4. The predicted octanol–water partition coefficient (Wildman–Crippen LogP) is 1.64. The molecular formula is C10H13NOS. The molecule has 3 heteroatoms. The molecule has 0 N–H and O–H groups in total. The van der Waals surface area contributed by atoms with Crippen LogP contribution >= 0.6 is 12.6 Å². The Morgan fingerprint density at radius 3 is 2.92 bits per heavy atom. The number of pyridine rings is 1.